The summed E-state index contributed by atoms with van der Waals surface area (Å²) >= 11 is 0. The Morgan fingerprint density at radius 2 is 2.17 bits per heavy atom. The Bertz CT molecular complexity index is 435. The van der Waals surface area contributed by atoms with E-state index in [2.05, 4.69) is 0 Å². The van der Waals surface area contributed by atoms with Gasteiger partial charge in [-0.1, -0.05) is 6.07 Å². The minimum atomic E-state index is -0.985. The van der Waals surface area contributed by atoms with E-state index in [0.717, 1.165) is 17.2 Å². The predicted molar refractivity (Wildman–Crippen MR) is 69.6 cm³/mol. The molecule has 1 aromatic rings. The monoisotopic (exact) mass is 250 g/mol. The van der Waals surface area contributed by atoms with Gasteiger partial charge in [-0.3, -0.25) is 0 Å². The van der Waals surface area contributed by atoms with Gasteiger partial charge in [0, 0.05) is 11.6 Å². The maximum absolute atomic E-state index is 10.5. The van der Waals surface area contributed by atoms with Gasteiger partial charge >= 0.3 is 5.97 Å². The number of benzene rings is 1. The van der Waals surface area contributed by atoms with Crippen molar-refractivity contribution in [2.45, 2.75) is 26.6 Å². The molecule has 0 bridgehead atoms. The van der Waals surface area contributed by atoms with E-state index in [0.29, 0.717) is 12.4 Å². The van der Waals surface area contributed by atoms with Crippen molar-refractivity contribution in [3.63, 3.8) is 0 Å². The van der Waals surface area contributed by atoms with E-state index in [4.69, 9.17) is 14.6 Å². The summed E-state index contributed by atoms with van der Waals surface area (Å²) in [6.45, 7) is 4.43. The second-order valence-electron chi connectivity index (χ2n) is 4.11. The average molecular weight is 250 g/mol. The Hall–Kier alpha value is -1.81. The molecule has 0 atom stereocenters. The molecular formula is C14H18O4. The summed E-state index contributed by atoms with van der Waals surface area (Å²) in [6.07, 6.45) is 2.76. The highest BCUT2D eigenvalue weighted by Gasteiger charge is 2.03. The number of rotatable bonds is 6. The lowest BCUT2D eigenvalue weighted by atomic mass is 10.1. The SMILES string of the molecule is COc1ccc(COC(C)C)cc1/C=C/C(=O)O. The molecule has 0 aliphatic carbocycles. The molecule has 0 saturated heterocycles. The van der Waals surface area contributed by atoms with Crippen molar-refractivity contribution in [1.82, 2.24) is 0 Å². The quantitative estimate of drug-likeness (QED) is 0.789. The lowest BCUT2D eigenvalue weighted by Gasteiger charge is -2.10. The smallest absolute Gasteiger partial charge is 0.328 e. The molecule has 1 aromatic carbocycles. The Morgan fingerprint density at radius 1 is 1.44 bits per heavy atom. The second-order valence-corrected chi connectivity index (χ2v) is 4.11. The molecule has 1 N–H and O–H groups in total. The van der Waals surface area contributed by atoms with Crippen LogP contribution in [-0.2, 0) is 16.1 Å². The first-order chi connectivity index (χ1) is 8.52. The summed E-state index contributed by atoms with van der Waals surface area (Å²) in [6, 6.07) is 5.57. The molecule has 18 heavy (non-hydrogen) atoms. The summed E-state index contributed by atoms with van der Waals surface area (Å²) in [5.74, 6) is -0.346. The minimum absolute atomic E-state index is 0.158. The Morgan fingerprint density at radius 3 is 2.72 bits per heavy atom. The molecule has 0 spiro atoms. The van der Waals surface area contributed by atoms with Crippen molar-refractivity contribution >= 4 is 12.0 Å². The van der Waals surface area contributed by atoms with Crippen molar-refractivity contribution in [1.29, 1.82) is 0 Å². The van der Waals surface area contributed by atoms with E-state index >= 15 is 0 Å². The molecule has 0 aliphatic heterocycles. The fourth-order valence-corrected chi connectivity index (χ4v) is 1.43. The summed E-state index contributed by atoms with van der Waals surface area (Å²) in [5.41, 5.74) is 1.71. The summed E-state index contributed by atoms with van der Waals surface area (Å²) in [5, 5.41) is 8.63. The van der Waals surface area contributed by atoms with E-state index in [9.17, 15) is 4.79 Å². The standard InChI is InChI=1S/C14H18O4/c1-10(2)18-9-11-4-6-13(17-3)12(8-11)5-7-14(15)16/h4-8,10H,9H2,1-3H3,(H,15,16)/b7-5+. The first-order valence-corrected chi connectivity index (χ1v) is 5.72. The molecule has 4 heteroatoms. The van der Waals surface area contributed by atoms with E-state index in [1.54, 1.807) is 13.2 Å². The van der Waals surface area contributed by atoms with Crippen molar-refractivity contribution in [3.05, 3.63) is 35.4 Å². The highest BCUT2D eigenvalue weighted by Crippen LogP contribution is 2.22. The molecule has 0 unspecified atom stereocenters. The molecule has 0 amide bonds. The van der Waals surface area contributed by atoms with Crippen LogP contribution < -0.4 is 4.74 Å². The first-order valence-electron chi connectivity index (χ1n) is 5.72. The molecule has 0 aliphatic rings. The third-order valence-electron chi connectivity index (χ3n) is 2.28. The van der Waals surface area contributed by atoms with E-state index in [-0.39, 0.29) is 6.10 Å². The van der Waals surface area contributed by atoms with Gasteiger partial charge in [0.15, 0.2) is 0 Å². The average Bonchev–Trinajstić information content (AvgIpc) is 2.33. The van der Waals surface area contributed by atoms with Crippen LogP contribution in [0.2, 0.25) is 0 Å². The van der Waals surface area contributed by atoms with Gasteiger partial charge < -0.3 is 14.6 Å². The molecule has 0 aromatic heterocycles. The zero-order valence-electron chi connectivity index (χ0n) is 10.8. The van der Waals surface area contributed by atoms with E-state index < -0.39 is 5.97 Å². The fraction of sp³-hybridized carbons (Fsp3) is 0.357. The van der Waals surface area contributed by atoms with Gasteiger partial charge in [0.2, 0.25) is 0 Å². The number of carboxylic acids is 1. The largest absolute Gasteiger partial charge is 0.496 e. The lowest BCUT2D eigenvalue weighted by Crippen LogP contribution is -2.02. The van der Waals surface area contributed by atoms with Crippen molar-refractivity contribution < 1.29 is 19.4 Å². The maximum atomic E-state index is 10.5. The Kier molecular flexibility index (Phi) is 5.39. The fourth-order valence-electron chi connectivity index (χ4n) is 1.43. The normalized spacial score (nSPS) is 11.1. The molecule has 0 saturated carbocycles. The predicted octanol–water partition coefficient (Wildman–Crippen LogP) is 2.72. The van der Waals surface area contributed by atoms with Crippen LogP contribution in [0, 0.1) is 0 Å². The van der Waals surface area contributed by atoms with Crippen LogP contribution in [0.5, 0.6) is 5.75 Å². The molecule has 1 rings (SSSR count). The number of ether oxygens (including phenoxy) is 2. The summed E-state index contributed by atoms with van der Waals surface area (Å²) in [4.78, 5) is 10.5. The zero-order valence-corrected chi connectivity index (χ0v) is 10.8. The van der Waals surface area contributed by atoms with Crippen molar-refractivity contribution in [3.8, 4) is 5.75 Å². The highest BCUT2D eigenvalue weighted by molar-refractivity contribution is 5.85. The van der Waals surface area contributed by atoms with Crippen LogP contribution in [0.25, 0.3) is 6.08 Å². The van der Waals surface area contributed by atoms with E-state index in [1.165, 1.54) is 6.08 Å². The number of hydrogen-bond acceptors (Lipinski definition) is 3. The number of carboxylic acid groups (broad SMARTS) is 1. The molecule has 98 valence electrons. The van der Waals surface area contributed by atoms with Crippen LogP contribution in [0.4, 0.5) is 0 Å². The Balaban J connectivity index is 2.90. The third kappa shape index (κ3) is 4.59. The van der Waals surface area contributed by atoms with Gasteiger partial charge in [0.1, 0.15) is 5.75 Å². The molecule has 4 nitrogen and oxygen atoms in total. The van der Waals surface area contributed by atoms with Gasteiger partial charge in [0.05, 0.1) is 19.8 Å². The highest BCUT2D eigenvalue weighted by atomic mass is 16.5. The summed E-state index contributed by atoms with van der Waals surface area (Å²) < 4.78 is 10.7. The second kappa shape index (κ2) is 6.81. The number of aliphatic carboxylic acids is 1. The van der Waals surface area contributed by atoms with Crippen molar-refractivity contribution in [2.24, 2.45) is 0 Å². The summed E-state index contributed by atoms with van der Waals surface area (Å²) in [7, 11) is 1.55. The lowest BCUT2D eigenvalue weighted by molar-refractivity contribution is -0.131. The number of methoxy groups -OCH3 is 1. The molecule has 0 fully saturated rings. The van der Waals surface area contributed by atoms with Crippen molar-refractivity contribution in [2.75, 3.05) is 7.11 Å². The van der Waals surface area contributed by atoms with Crippen LogP contribution >= 0.6 is 0 Å². The van der Waals surface area contributed by atoms with Crippen LogP contribution in [0.1, 0.15) is 25.0 Å². The van der Waals surface area contributed by atoms with E-state index in [1.807, 2.05) is 26.0 Å². The number of carbonyl (C=O) groups is 1. The van der Waals surface area contributed by atoms with Gasteiger partial charge in [-0.15, -0.1) is 0 Å². The van der Waals surface area contributed by atoms with Gasteiger partial charge in [-0.25, -0.2) is 4.79 Å². The van der Waals surface area contributed by atoms with Gasteiger partial charge in [0.25, 0.3) is 0 Å². The first kappa shape index (κ1) is 14.3. The molecule has 0 radical (unpaired) electrons. The van der Waals surface area contributed by atoms with Crippen LogP contribution in [0.3, 0.4) is 0 Å². The minimum Gasteiger partial charge on any atom is -0.496 e. The van der Waals surface area contributed by atoms with Gasteiger partial charge in [-0.05, 0) is 37.6 Å². The topological polar surface area (TPSA) is 55.8 Å². The molecule has 0 heterocycles. The van der Waals surface area contributed by atoms with Crippen LogP contribution in [0.15, 0.2) is 24.3 Å². The molecular weight excluding hydrogens is 232 g/mol. The Labute approximate surface area is 107 Å². The number of hydrogen-bond donors (Lipinski definition) is 1. The zero-order chi connectivity index (χ0) is 13.5. The van der Waals surface area contributed by atoms with Crippen LogP contribution in [-0.4, -0.2) is 24.3 Å². The maximum Gasteiger partial charge on any atom is 0.328 e. The van der Waals surface area contributed by atoms with Gasteiger partial charge in [-0.2, -0.15) is 0 Å². The third-order valence-corrected chi connectivity index (χ3v) is 2.28.